The minimum Gasteiger partial charge on any atom is -0.478 e. The maximum absolute atomic E-state index is 9.55. The van der Waals surface area contributed by atoms with E-state index in [1.54, 1.807) is 0 Å². The molecular formula is C3H3O2Si. The molecule has 0 aromatic rings. The monoisotopic (exact) mass is 99.0 g/mol. The first-order valence-electron chi connectivity index (χ1n) is 1.28. The van der Waals surface area contributed by atoms with Gasteiger partial charge in [0.25, 0.3) is 0 Å². The molecular weight excluding hydrogens is 96.1 g/mol. The van der Waals surface area contributed by atoms with Crippen molar-refractivity contribution in [2.24, 2.45) is 0 Å². The summed E-state index contributed by atoms with van der Waals surface area (Å²) in [6.07, 6.45) is 0. The van der Waals surface area contributed by atoms with Gasteiger partial charge in [-0.3, -0.25) is 0 Å². The highest BCUT2D eigenvalue weighted by molar-refractivity contribution is 6.34. The Labute approximate surface area is 38.9 Å². The molecule has 0 fully saturated rings. The lowest BCUT2D eigenvalue weighted by Gasteiger charge is -1.79. The summed E-state index contributed by atoms with van der Waals surface area (Å²) < 4.78 is 0. The molecule has 0 aliphatic heterocycles. The Bertz CT molecular complexity index is 74.8. The standard InChI is InChI=1S/C3H3O2Si/c1-2(6)3(4)5/h1H2,(H,4,5). The van der Waals surface area contributed by atoms with Crippen LogP contribution >= 0.6 is 0 Å². The maximum Gasteiger partial charge on any atom is 0.326 e. The molecule has 0 atom stereocenters. The SMILES string of the molecule is C=C([Si])C(=O)O. The molecule has 0 heterocycles. The molecule has 0 aliphatic carbocycles. The van der Waals surface area contributed by atoms with E-state index in [1.165, 1.54) is 0 Å². The third-order valence-electron chi connectivity index (χ3n) is 0.258. The van der Waals surface area contributed by atoms with Crippen LogP contribution in [0.2, 0.25) is 0 Å². The molecule has 3 radical (unpaired) electrons. The molecule has 0 rings (SSSR count). The Hall–Kier alpha value is -0.573. The first-order valence-corrected chi connectivity index (χ1v) is 1.78. The zero-order chi connectivity index (χ0) is 5.15. The molecule has 0 bridgehead atoms. The van der Waals surface area contributed by atoms with Crippen molar-refractivity contribution >= 4 is 16.2 Å². The van der Waals surface area contributed by atoms with Crippen LogP contribution in [-0.2, 0) is 4.79 Å². The van der Waals surface area contributed by atoms with Gasteiger partial charge in [0.2, 0.25) is 0 Å². The fourth-order valence-electron chi connectivity index (χ4n) is 0. The third-order valence-corrected chi connectivity index (χ3v) is 0.472. The first kappa shape index (κ1) is 5.43. The molecule has 0 saturated carbocycles. The first-order chi connectivity index (χ1) is 2.64. The Balaban J connectivity index is 3.57. The van der Waals surface area contributed by atoms with Gasteiger partial charge >= 0.3 is 5.97 Å². The van der Waals surface area contributed by atoms with Crippen LogP contribution in [0.3, 0.4) is 0 Å². The number of hydrogen-bond donors (Lipinski definition) is 1. The van der Waals surface area contributed by atoms with Crippen molar-refractivity contribution in [1.82, 2.24) is 0 Å². The van der Waals surface area contributed by atoms with Crippen molar-refractivity contribution < 1.29 is 9.90 Å². The molecule has 0 aliphatic rings. The van der Waals surface area contributed by atoms with Gasteiger partial charge in [0.1, 0.15) is 0 Å². The van der Waals surface area contributed by atoms with E-state index in [9.17, 15) is 4.79 Å². The highest BCUT2D eigenvalue weighted by Crippen LogP contribution is 1.74. The van der Waals surface area contributed by atoms with Gasteiger partial charge in [0, 0.05) is 5.20 Å². The van der Waals surface area contributed by atoms with E-state index in [1.807, 2.05) is 0 Å². The van der Waals surface area contributed by atoms with Gasteiger partial charge in [-0.2, -0.15) is 0 Å². The predicted octanol–water partition coefficient (Wildman–Crippen LogP) is -0.247. The van der Waals surface area contributed by atoms with Crippen molar-refractivity contribution in [3.05, 3.63) is 11.8 Å². The van der Waals surface area contributed by atoms with E-state index in [0.717, 1.165) is 0 Å². The fraction of sp³-hybridized carbons (Fsp3) is 0. The number of carbonyl (C=O) groups is 1. The molecule has 3 heteroatoms. The lowest BCUT2D eigenvalue weighted by molar-refractivity contribution is -0.131. The number of rotatable bonds is 1. The average Bonchev–Trinajstić information content (AvgIpc) is 1.36. The smallest absolute Gasteiger partial charge is 0.326 e. The number of hydrogen-bond acceptors (Lipinski definition) is 1. The summed E-state index contributed by atoms with van der Waals surface area (Å²) >= 11 is 0. The normalized spacial score (nSPS) is 7.50. The Morgan fingerprint density at radius 3 is 2.00 bits per heavy atom. The largest absolute Gasteiger partial charge is 0.478 e. The van der Waals surface area contributed by atoms with Crippen molar-refractivity contribution in [3.8, 4) is 0 Å². The van der Waals surface area contributed by atoms with Crippen molar-refractivity contribution in [2.75, 3.05) is 0 Å². The second-order valence-corrected chi connectivity index (χ2v) is 1.39. The number of aliphatic carboxylic acids is 1. The summed E-state index contributed by atoms with van der Waals surface area (Å²) in [5, 5.41) is 7.82. The lowest BCUT2D eigenvalue weighted by atomic mass is 10.7. The van der Waals surface area contributed by atoms with Gasteiger partial charge in [-0.15, -0.1) is 0 Å². The number of carboxylic acid groups (broad SMARTS) is 1. The lowest BCUT2D eigenvalue weighted by Crippen LogP contribution is -1.96. The van der Waals surface area contributed by atoms with Gasteiger partial charge in [0.05, 0.1) is 10.2 Å². The zero-order valence-electron chi connectivity index (χ0n) is 3.06. The Morgan fingerprint density at radius 2 is 2.00 bits per heavy atom. The van der Waals surface area contributed by atoms with E-state index >= 15 is 0 Å². The van der Waals surface area contributed by atoms with E-state index < -0.39 is 5.97 Å². The molecule has 31 valence electrons. The molecule has 1 N–H and O–H groups in total. The summed E-state index contributed by atoms with van der Waals surface area (Å²) in [7, 11) is 2.69. The van der Waals surface area contributed by atoms with Crippen LogP contribution in [0.15, 0.2) is 11.8 Å². The molecule has 0 saturated heterocycles. The average molecular weight is 99.1 g/mol. The molecule has 0 unspecified atom stereocenters. The van der Waals surface area contributed by atoms with Gasteiger partial charge in [-0.05, 0) is 0 Å². The maximum atomic E-state index is 9.55. The molecule has 2 nitrogen and oxygen atoms in total. The fourth-order valence-corrected chi connectivity index (χ4v) is 0. The summed E-state index contributed by atoms with van der Waals surface area (Å²) in [5.74, 6) is -1.02. The molecule has 0 spiro atoms. The van der Waals surface area contributed by atoms with Crippen LogP contribution in [0.5, 0.6) is 0 Å². The number of carboxylic acids is 1. The topological polar surface area (TPSA) is 37.3 Å². The van der Waals surface area contributed by atoms with Gasteiger partial charge < -0.3 is 5.11 Å². The Morgan fingerprint density at radius 1 is 1.83 bits per heavy atom. The highest BCUT2D eigenvalue weighted by Gasteiger charge is 1.90. The van der Waals surface area contributed by atoms with Gasteiger partial charge in [-0.25, -0.2) is 4.79 Å². The second kappa shape index (κ2) is 1.77. The van der Waals surface area contributed by atoms with Crippen LogP contribution < -0.4 is 0 Å². The minimum absolute atomic E-state index is 0.0185. The summed E-state index contributed by atoms with van der Waals surface area (Å²) in [4.78, 5) is 9.55. The van der Waals surface area contributed by atoms with Gasteiger partial charge in [0.15, 0.2) is 0 Å². The highest BCUT2D eigenvalue weighted by atomic mass is 28.1. The van der Waals surface area contributed by atoms with Gasteiger partial charge in [-0.1, -0.05) is 6.58 Å². The van der Waals surface area contributed by atoms with Crippen LogP contribution in [0.1, 0.15) is 0 Å². The molecule has 0 aromatic carbocycles. The zero-order valence-corrected chi connectivity index (χ0v) is 4.06. The summed E-state index contributed by atoms with van der Waals surface area (Å²) in [6, 6.07) is 0. The second-order valence-electron chi connectivity index (χ2n) is 0.784. The van der Waals surface area contributed by atoms with E-state index in [-0.39, 0.29) is 5.20 Å². The van der Waals surface area contributed by atoms with E-state index in [0.29, 0.717) is 0 Å². The van der Waals surface area contributed by atoms with Crippen molar-refractivity contribution in [1.29, 1.82) is 0 Å². The van der Waals surface area contributed by atoms with Crippen LogP contribution in [0.4, 0.5) is 0 Å². The van der Waals surface area contributed by atoms with Crippen molar-refractivity contribution in [3.63, 3.8) is 0 Å². The van der Waals surface area contributed by atoms with Crippen LogP contribution in [0.25, 0.3) is 0 Å². The molecule has 6 heavy (non-hydrogen) atoms. The van der Waals surface area contributed by atoms with Crippen LogP contribution in [0, 0.1) is 0 Å². The van der Waals surface area contributed by atoms with E-state index in [4.69, 9.17) is 5.11 Å². The van der Waals surface area contributed by atoms with E-state index in [2.05, 4.69) is 16.8 Å². The van der Waals surface area contributed by atoms with Crippen molar-refractivity contribution in [2.45, 2.75) is 0 Å². The summed E-state index contributed by atoms with van der Waals surface area (Å²) in [5.41, 5.74) is 0. The third kappa shape index (κ3) is 1.72. The summed E-state index contributed by atoms with van der Waals surface area (Å²) in [6.45, 7) is 3.07. The molecule has 0 amide bonds. The minimum atomic E-state index is -1.02. The quantitative estimate of drug-likeness (QED) is 0.363. The molecule has 0 aromatic heterocycles. The van der Waals surface area contributed by atoms with Crippen LogP contribution in [-0.4, -0.2) is 21.3 Å². The predicted molar refractivity (Wildman–Crippen MR) is 22.5 cm³/mol. The Kier molecular flexibility index (Phi) is 1.60.